The van der Waals surface area contributed by atoms with Gasteiger partial charge in [0.05, 0.1) is 22.2 Å². The minimum Gasteiger partial charge on any atom is -0.305 e. The largest absolute Gasteiger partial charge is 0.305 e. The summed E-state index contributed by atoms with van der Waals surface area (Å²) >= 11 is 0. The SMILES string of the molecule is Cc1ccc(N2C=C(F)C=NC2n2c(C)nc3ccc([N+](=O)[O-])cc32)cc1. The number of nitro groups is 1. The van der Waals surface area contributed by atoms with Crippen molar-refractivity contribution in [3.63, 3.8) is 0 Å². The lowest BCUT2D eigenvalue weighted by molar-refractivity contribution is -0.384. The molecule has 2 heterocycles. The van der Waals surface area contributed by atoms with E-state index in [1.807, 2.05) is 31.2 Å². The van der Waals surface area contributed by atoms with Gasteiger partial charge in [0.1, 0.15) is 5.82 Å². The molecule has 0 bridgehead atoms. The standard InChI is InChI=1S/C19H16FN5O2/c1-12-3-5-15(6-4-12)23-11-14(20)10-21-19(23)24-13(2)22-17-8-7-16(25(26)27)9-18(17)24/h3-11,19H,1-2H3. The predicted molar refractivity (Wildman–Crippen MR) is 102 cm³/mol. The van der Waals surface area contributed by atoms with Crippen molar-refractivity contribution in [2.75, 3.05) is 4.90 Å². The van der Waals surface area contributed by atoms with Crippen LogP contribution in [0.1, 0.15) is 17.7 Å². The first-order valence-electron chi connectivity index (χ1n) is 8.32. The molecule has 0 spiro atoms. The predicted octanol–water partition coefficient (Wildman–Crippen LogP) is 4.42. The quantitative estimate of drug-likeness (QED) is 0.508. The van der Waals surface area contributed by atoms with E-state index in [-0.39, 0.29) is 5.69 Å². The van der Waals surface area contributed by atoms with Crippen molar-refractivity contribution in [3.05, 3.63) is 76.0 Å². The van der Waals surface area contributed by atoms with Crippen LogP contribution in [0.5, 0.6) is 0 Å². The Labute approximate surface area is 154 Å². The number of hydrogen-bond donors (Lipinski definition) is 0. The average Bonchev–Trinajstić information content (AvgIpc) is 2.97. The smallest absolute Gasteiger partial charge is 0.271 e. The van der Waals surface area contributed by atoms with Crippen molar-refractivity contribution in [1.29, 1.82) is 0 Å². The topological polar surface area (TPSA) is 76.6 Å². The minimum absolute atomic E-state index is 0.0351. The van der Waals surface area contributed by atoms with E-state index in [1.54, 1.807) is 22.5 Å². The number of nitro benzene ring substituents is 1. The number of imidazole rings is 1. The molecule has 0 N–H and O–H groups in total. The molecule has 0 amide bonds. The van der Waals surface area contributed by atoms with Crippen LogP contribution < -0.4 is 4.90 Å². The van der Waals surface area contributed by atoms with E-state index >= 15 is 0 Å². The fraction of sp³-hybridized carbons (Fsp3) is 0.158. The van der Waals surface area contributed by atoms with E-state index in [2.05, 4.69) is 9.98 Å². The van der Waals surface area contributed by atoms with Gasteiger partial charge in [0, 0.05) is 24.0 Å². The van der Waals surface area contributed by atoms with Crippen LogP contribution in [0.3, 0.4) is 0 Å². The van der Waals surface area contributed by atoms with Crippen molar-refractivity contribution in [2.45, 2.75) is 20.1 Å². The lowest BCUT2D eigenvalue weighted by Gasteiger charge is -2.31. The van der Waals surface area contributed by atoms with Crippen LogP contribution in [-0.4, -0.2) is 20.7 Å². The highest BCUT2D eigenvalue weighted by atomic mass is 19.1. The Hall–Kier alpha value is -3.55. The molecule has 1 atom stereocenters. The van der Waals surface area contributed by atoms with Crippen molar-refractivity contribution >= 4 is 28.6 Å². The fourth-order valence-corrected chi connectivity index (χ4v) is 3.17. The molecule has 8 heteroatoms. The zero-order valence-electron chi connectivity index (χ0n) is 14.7. The number of benzene rings is 2. The third-order valence-electron chi connectivity index (χ3n) is 4.47. The number of fused-ring (bicyclic) bond motifs is 1. The summed E-state index contributed by atoms with van der Waals surface area (Å²) in [5.41, 5.74) is 2.99. The molecule has 1 aromatic heterocycles. The molecule has 1 aliphatic rings. The van der Waals surface area contributed by atoms with Gasteiger partial charge in [0.15, 0.2) is 5.83 Å². The van der Waals surface area contributed by atoms with Crippen molar-refractivity contribution < 1.29 is 9.31 Å². The summed E-state index contributed by atoms with van der Waals surface area (Å²) in [5.74, 6) is 0.153. The summed E-state index contributed by atoms with van der Waals surface area (Å²) < 4.78 is 15.7. The first kappa shape index (κ1) is 16.9. The highest BCUT2D eigenvalue weighted by Crippen LogP contribution is 2.33. The molecule has 0 fully saturated rings. The monoisotopic (exact) mass is 365 g/mol. The molecule has 1 aliphatic heterocycles. The second kappa shape index (κ2) is 6.31. The van der Waals surface area contributed by atoms with E-state index in [4.69, 9.17) is 0 Å². The number of rotatable bonds is 3. The molecule has 0 saturated carbocycles. The molecule has 0 aliphatic carbocycles. The maximum atomic E-state index is 14.0. The molecule has 7 nitrogen and oxygen atoms in total. The summed E-state index contributed by atoms with van der Waals surface area (Å²) in [6.45, 7) is 3.77. The van der Waals surface area contributed by atoms with E-state index in [9.17, 15) is 14.5 Å². The number of halogens is 1. The van der Waals surface area contributed by atoms with E-state index in [1.165, 1.54) is 18.3 Å². The number of non-ortho nitro benzene ring substituents is 1. The summed E-state index contributed by atoms with van der Waals surface area (Å²) in [5, 5.41) is 11.2. The number of aryl methyl sites for hydroxylation is 2. The van der Waals surface area contributed by atoms with Gasteiger partial charge in [0.25, 0.3) is 5.69 Å². The highest BCUT2D eigenvalue weighted by molar-refractivity contribution is 5.81. The van der Waals surface area contributed by atoms with Gasteiger partial charge in [-0.3, -0.25) is 14.7 Å². The number of anilines is 1. The Balaban J connectivity index is 1.88. The average molecular weight is 365 g/mol. The minimum atomic E-state index is -0.640. The van der Waals surface area contributed by atoms with Gasteiger partial charge in [-0.2, -0.15) is 0 Å². The van der Waals surface area contributed by atoms with Gasteiger partial charge in [-0.1, -0.05) is 17.7 Å². The summed E-state index contributed by atoms with van der Waals surface area (Å²) in [4.78, 5) is 21.2. The second-order valence-corrected chi connectivity index (χ2v) is 6.34. The highest BCUT2D eigenvalue weighted by Gasteiger charge is 2.26. The molecule has 136 valence electrons. The van der Waals surface area contributed by atoms with Crippen LogP contribution in [0.2, 0.25) is 0 Å². The van der Waals surface area contributed by atoms with Crippen LogP contribution in [0.15, 0.2) is 59.5 Å². The Kier molecular flexibility index (Phi) is 3.95. The van der Waals surface area contributed by atoms with E-state index in [0.29, 0.717) is 16.9 Å². The molecular weight excluding hydrogens is 349 g/mol. The van der Waals surface area contributed by atoms with Crippen LogP contribution >= 0.6 is 0 Å². The molecule has 4 rings (SSSR count). The van der Waals surface area contributed by atoms with Gasteiger partial charge >= 0.3 is 0 Å². The Morgan fingerprint density at radius 2 is 1.89 bits per heavy atom. The first-order valence-corrected chi connectivity index (χ1v) is 8.32. The van der Waals surface area contributed by atoms with Crippen molar-refractivity contribution in [3.8, 4) is 0 Å². The number of aliphatic imine (C=N–C) groups is 1. The number of aromatic nitrogens is 2. The Bertz CT molecular complexity index is 1100. The summed E-state index contributed by atoms with van der Waals surface area (Å²) in [7, 11) is 0. The van der Waals surface area contributed by atoms with Gasteiger partial charge < -0.3 is 4.90 Å². The molecule has 1 unspecified atom stereocenters. The fourth-order valence-electron chi connectivity index (χ4n) is 3.17. The van der Waals surface area contributed by atoms with Gasteiger partial charge in [-0.15, -0.1) is 0 Å². The van der Waals surface area contributed by atoms with Crippen LogP contribution in [0, 0.1) is 24.0 Å². The van der Waals surface area contributed by atoms with Gasteiger partial charge in [-0.05, 0) is 32.0 Å². The Morgan fingerprint density at radius 3 is 2.59 bits per heavy atom. The number of allylic oxidation sites excluding steroid dienone is 1. The lowest BCUT2D eigenvalue weighted by atomic mass is 10.2. The van der Waals surface area contributed by atoms with Crippen LogP contribution in [0.4, 0.5) is 15.8 Å². The van der Waals surface area contributed by atoms with E-state index in [0.717, 1.165) is 17.5 Å². The summed E-state index contributed by atoms with van der Waals surface area (Å²) in [6.07, 6.45) is 1.88. The molecule has 0 radical (unpaired) electrons. The third-order valence-corrected chi connectivity index (χ3v) is 4.47. The van der Waals surface area contributed by atoms with Crippen molar-refractivity contribution in [1.82, 2.24) is 9.55 Å². The third kappa shape index (κ3) is 2.95. The lowest BCUT2D eigenvalue weighted by Crippen LogP contribution is -2.30. The molecule has 2 aromatic carbocycles. The van der Waals surface area contributed by atoms with Crippen molar-refractivity contribution in [2.24, 2.45) is 4.99 Å². The number of nitrogens with zero attached hydrogens (tertiary/aromatic N) is 5. The molecule has 27 heavy (non-hydrogen) atoms. The first-order chi connectivity index (χ1) is 12.9. The van der Waals surface area contributed by atoms with E-state index < -0.39 is 17.0 Å². The van der Waals surface area contributed by atoms with Crippen LogP contribution in [0.25, 0.3) is 11.0 Å². The zero-order chi connectivity index (χ0) is 19.1. The Morgan fingerprint density at radius 1 is 1.15 bits per heavy atom. The van der Waals surface area contributed by atoms with Gasteiger partial charge in [0.2, 0.25) is 6.29 Å². The van der Waals surface area contributed by atoms with Crippen LogP contribution in [-0.2, 0) is 0 Å². The zero-order valence-corrected chi connectivity index (χ0v) is 14.7. The molecule has 0 saturated heterocycles. The normalized spacial score (nSPS) is 16.6. The maximum absolute atomic E-state index is 14.0. The molecule has 3 aromatic rings. The number of hydrogen-bond acceptors (Lipinski definition) is 5. The maximum Gasteiger partial charge on any atom is 0.271 e. The van der Waals surface area contributed by atoms with Gasteiger partial charge in [-0.25, -0.2) is 14.4 Å². The molecular formula is C19H16FN5O2. The summed E-state index contributed by atoms with van der Waals surface area (Å²) in [6, 6.07) is 12.1. The second-order valence-electron chi connectivity index (χ2n) is 6.34.